The van der Waals surface area contributed by atoms with Gasteiger partial charge in [0.1, 0.15) is 5.82 Å². The molecular formula is C23H29N5O2. The van der Waals surface area contributed by atoms with Crippen molar-refractivity contribution in [3.8, 4) is 0 Å². The molecule has 3 N–H and O–H groups in total. The molecule has 0 bridgehead atoms. The first-order valence-corrected chi connectivity index (χ1v) is 10.6. The van der Waals surface area contributed by atoms with Gasteiger partial charge in [0.05, 0.1) is 30.3 Å². The number of imidazole rings is 1. The summed E-state index contributed by atoms with van der Waals surface area (Å²) in [6.07, 6.45) is 1.62. The van der Waals surface area contributed by atoms with Crippen LogP contribution in [-0.2, 0) is 11.2 Å². The number of fused-ring (bicyclic) bond motifs is 1. The van der Waals surface area contributed by atoms with Gasteiger partial charge in [-0.15, -0.1) is 0 Å². The summed E-state index contributed by atoms with van der Waals surface area (Å²) in [4.78, 5) is 22.8. The van der Waals surface area contributed by atoms with Crippen LogP contribution in [0.3, 0.4) is 0 Å². The number of aryl methyl sites for hydroxylation is 1. The van der Waals surface area contributed by atoms with Gasteiger partial charge in [0.2, 0.25) is 0 Å². The van der Waals surface area contributed by atoms with E-state index in [-0.39, 0.29) is 12.1 Å². The number of morpholine rings is 1. The van der Waals surface area contributed by atoms with E-state index in [9.17, 15) is 4.79 Å². The number of hydrogen-bond donors (Lipinski definition) is 3. The summed E-state index contributed by atoms with van der Waals surface area (Å²) >= 11 is 0. The highest BCUT2D eigenvalue weighted by molar-refractivity contribution is 5.75. The molecule has 1 aromatic heterocycles. The first kappa shape index (κ1) is 20.4. The highest BCUT2D eigenvalue weighted by atomic mass is 16.5. The van der Waals surface area contributed by atoms with Crippen molar-refractivity contribution in [2.75, 3.05) is 39.4 Å². The van der Waals surface area contributed by atoms with Gasteiger partial charge in [0.15, 0.2) is 0 Å². The summed E-state index contributed by atoms with van der Waals surface area (Å²) < 4.78 is 5.44. The lowest BCUT2D eigenvalue weighted by molar-refractivity contribution is 0.0340. The molecule has 7 heteroatoms. The van der Waals surface area contributed by atoms with E-state index in [1.165, 1.54) is 0 Å². The number of para-hydroxylation sites is 2. The van der Waals surface area contributed by atoms with Crippen LogP contribution in [0.15, 0.2) is 54.6 Å². The maximum absolute atomic E-state index is 12.5. The predicted molar refractivity (Wildman–Crippen MR) is 117 cm³/mol. The maximum atomic E-state index is 12.5. The Morgan fingerprint density at radius 3 is 2.67 bits per heavy atom. The number of amides is 2. The lowest BCUT2D eigenvalue weighted by Gasteiger charge is -2.31. The molecule has 158 valence electrons. The van der Waals surface area contributed by atoms with E-state index < -0.39 is 0 Å². The Hall–Kier alpha value is -2.90. The molecule has 0 radical (unpaired) electrons. The monoisotopic (exact) mass is 407 g/mol. The zero-order chi connectivity index (χ0) is 20.6. The lowest BCUT2D eigenvalue weighted by Crippen LogP contribution is -2.45. The number of nitrogens with zero attached hydrogens (tertiary/aromatic N) is 2. The Morgan fingerprint density at radius 2 is 1.87 bits per heavy atom. The largest absolute Gasteiger partial charge is 0.379 e. The molecule has 1 aliphatic rings. The number of aromatic nitrogens is 2. The molecule has 30 heavy (non-hydrogen) atoms. The second kappa shape index (κ2) is 10.2. The topological polar surface area (TPSA) is 82.3 Å². The van der Waals surface area contributed by atoms with Crippen LogP contribution < -0.4 is 10.6 Å². The number of rotatable bonds is 8. The summed E-state index contributed by atoms with van der Waals surface area (Å²) in [6, 6.07) is 17.9. The smallest absolute Gasteiger partial charge is 0.315 e. The van der Waals surface area contributed by atoms with E-state index in [1.54, 1.807) is 0 Å². The van der Waals surface area contributed by atoms with Crippen molar-refractivity contribution in [3.63, 3.8) is 0 Å². The van der Waals surface area contributed by atoms with Crippen LogP contribution in [0.4, 0.5) is 4.79 Å². The van der Waals surface area contributed by atoms with E-state index in [1.807, 2.05) is 42.5 Å². The van der Waals surface area contributed by atoms with Gasteiger partial charge in [-0.1, -0.05) is 42.5 Å². The van der Waals surface area contributed by atoms with Gasteiger partial charge >= 0.3 is 6.03 Å². The van der Waals surface area contributed by atoms with Crippen LogP contribution in [0.5, 0.6) is 0 Å². The Kier molecular flexibility index (Phi) is 6.95. The Labute approximate surface area is 176 Å². The highest BCUT2D eigenvalue weighted by Crippen LogP contribution is 2.15. The van der Waals surface area contributed by atoms with Crippen LogP contribution in [0.2, 0.25) is 0 Å². The second-order valence-electron chi connectivity index (χ2n) is 7.58. The number of ether oxygens (including phenoxy) is 1. The number of urea groups is 1. The lowest BCUT2D eigenvalue weighted by atomic mass is 10.1. The molecule has 4 rings (SSSR count). The number of H-pyrrole nitrogens is 1. The van der Waals surface area contributed by atoms with Gasteiger partial charge in [-0.05, 0) is 24.1 Å². The average Bonchev–Trinajstić information content (AvgIpc) is 3.20. The normalized spacial score (nSPS) is 15.7. The first-order chi connectivity index (χ1) is 14.8. The highest BCUT2D eigenvalue weighted by Gasteiger charge is 2.20. The van der Waals surface area contributed by atoms with E-state index in [0.717, 1.165) is 68.1 Å². The van der Waals surface area contributed by atoms with Gasteiger partial charge < -0.3 is 20.4 Å². The average molecular weight is 408 g/mol. The molecule has 7 nitrogen and oxygen atoms in total. The molecule has 2 amide bonds. The van der Waals surface area contributed by atoms with E-state index in [4.69, 9.17) is 4.74 Å². The Bertz CT molecular complexity index is 904. The minimum absolute atomic E-state index is 0.0559. The molecule has 1 saturated heterocycles. The minimum atomic E-state index is -0.137. The maximum Gasteiger partial charge on any atom is 0.315 e. The first-order valence-electron chi connectivity index (χ1n) is 10.6. The third-order valence-electron chi connectivity index (χ3n) is 5.37. The van der Waals surface area contributed by atoms with Gasteiger partial charge in [-0.2, -0.15) is 0 Å². The molecule has 3 aromatic rings. The zero-order valence-electron chi connectivity index (χ0n) is 17.1. The minimum Gasteiger partial charge on any atom is -0.379 e. The molecule has 0 saturated carbocycles. The fraction of sp³-hybridized carbons (Fsp3) is 0.391. The zero-order valence-corrected chi connectivity index (χ0v) is 17.1. The third kappa shape index (κ3) is 5.58. The van der Waals surface area contributed by atoms with Crippen LogP contribution >= 0.6 is 0 Å². The number of benzene rings is 2. The number of aromatic amines is 1. The molecule has 1 atom stereocenters. The summed E-state index contributed by atoms with van der Waals surface area (Å²) in [5.41, 5.74) is 3.14. The SMILES string of the molecule is O=C(NCCCc1nc2ccccc2[nH]1)NC(CN1CCOCC1)c1ccccc1. The molecule has 1 aliphatic heterocycles. The standard InChI is InChI=1S/C23H29N5O2/c29-23(24-12-6-11-22-25-19-9-4-5-10-20(19)26-22)27-21(18-7-2-1-3-8-18)17-28-13-15-30-16-14-28/h1-5,7-10,21H,6,11-17H2,(H,25,26)(H2,24,27,29). The number of carbonyl (C=O) groups is 1. The molecule has 2 aromatic carbocycles. The molecular weight excluding hydrogens is 378 g/mol. The second-order valence-corrected chi connectivity index (χ2v) is 7.58. The van der Waals surface area contributed by atoms with E-state index in [0.29, 0.717) is 6.54 Å². The van der Waals surface area contributed by atoms with Crippen LogP contribution in [-0.4, -0.2) is 60.3 Å². The van der Waals surface area contributed by atoms with Crippen molar-refractivity contribution in [3.05, 3.63) is 66.0 Å². The predicted octanol–water partition coefficient (Wildman–Crippen LogP) is 2.87. The van der Waals surface area contributed by atoms with Crippen LogP contribution in [0, 0.1) is 0 Å². The Morgan fingerprint density at radius 1 is 1.10 bits per heavy atom. The van der Waals surface area contributed by atoms with Crippen LogP contribution in [0.25, 0.3) is 11.0 Å². The fourth-order valence-electron chi connectivity index (χ4n) is 3.75. The Balaban J connectivity index is 1.26. The van der Waals surface area contributed by atoms with Gasteiger partial charge in [0.25, 0.3) is 0 Å². The molecule has 2 heterocycles. The molecule has 1 unspecified atom stereocenters. The third-order valence-corrected chi connectivity index (χ3v) is 5.37. The summed E-state index contributed by atoms with van der Waals surface area (Å²) in [5.74, 6) is 0.952. The van der Waals surface area contributed by atoms with Gasteiger partial charge in [-0.3, -0.25) is 4.90 Å². The molecule has 0 aliphatic carbocycles. The summed E-state index contributed by atoms with van der Waals surface area (Å²) in [7, 11) is 0. The van der Waals surface area contributed by atoms with Crippen molar-refractivity contribution >= 4 is 17.1 Å². The number of nitrogens with one attached hydrogen (secondary N) is 3. The van der Waals surface area contributed by atoms with Gasteiger partial charge in [-0.25, -0.2) is 9.78 Å². The summed E-state index contributed by atoms with van der Waals surface area (Å²) in [6.45, 7) is 4.65. The van der Waals surface area contributed by atoms with Gasteiger partial charge in [0, 0.05) is 32.6 Å². The summed E-state index contributed by atoms with van der Waals surface area (Å²) in [5, 5.41) is 6.13. The van der Waals surface area contributed by atoms with Crippen molar-refractivity contribution in [1.29, 1.82) is 0 Å². The number of carbonyl (C=O) groups excluding carboxylic acids is 1. The fourth-order valence-corrected chi connectivity index (χ4v) is 3.75. The van der Waals surface area contributed by atoms with E-state index >= 15 is 0 Å². The molecule has 1 fully saturated rings. The van der Waals surface area contributed by atoms with Crippen molar-refractivity contribution in [2.45, 2.75) is 18.9 Å². The number of hydrogen-bond acceptors (Lipinski definition) is 4. The van der Waals surface area contributed by atoms with Crippen molar-refractivity contribution in [2.24, 2.45) is 0 Å². The van der Waals surface area contributed by atoms with Crippen molar-refractivity contribution < 1.29 is 9.53 Å². The van der Waals surface area contributed by atoms with E-state index in [2.05, 4.69) is 37.6 Å². The van der Waals surface area contributed by atoms with Crippen molar-refractivity contribution in [1.82, 2.24) is 25.5 Å². The van der Waals surface area contributed by atoms with Crippen LogP contribution in [0.1, 0.15) is 23.9 Å². The quantitative estimate of drug-likeness (QED) is 0.502. The molecule has 0 spiro atoms.